The van der Waals surface area contributed by atoms with Crippen LogP contribution < -0.4 is 11.1 Å². The molecule has 0 bridgehead atoms. The van der Waals surface area contributed by atoms with Crippen molar-refractivity contribution in [3.8, 4) is 0 Å². The summed E-state index contributed by atoms with van der Waals surface area (Å²) in [4.78, 5) is 3.81. The van der Waals surface area contributed by atoms with Crippen LogP contribution in [-0.2, 0) is 0 Å². The molecule has 0 atom stereocenters. The number of hydrogen-bond acceptors (Lipinski definition) is 3. The fraction of sp³-hybridized carbons (Fsp3) is 0.500. The van der Waals surface area contributed by atoms with Crippen molar-refractivity contribution >= 4 is 28.4 Å². The molecule has 5 heteroatoms. The number of piperidine rings is 1. The molecule has 0 radical (unpaired) electrons. The maximum atomic E-state index is 13.7. The first-order valence-corrected chi connectivity index (χ1v) is 6.08. The molecule has 2 rings (SSSR count). The number of aromatic nitrogens is 1. The topological polar surface area (TPSA) is 50.9 Å². The Morgan fingerprint density at radius 1 is 1.47 bits per heavy atom. The Bertz CT molecular complexity index is 364. The number of anilines is 1. The maximum absolute atomic E-state index is 13.7. The molecule has 1 aromatic heterocycles. The van der Waals surface area contributed by atoms with Gasteiger partial charge in [-0.3, -0.25) is 0 Å². The maximum Gasteiger partial charge on any atom is 0.146 e. The van der Waals surface area contributed by atoms with Gasteiger partial charge in [-0.25, -0.2) is 9.37 Å². The predicted molar refractivity (Wildman–Crippen MR) is 66.2 cm³/mol. The van der Waals surface area contributed by atoms with Crippen molar-refractivity contribution < 1.29 is 4.39 Å². The van der Waals surface area contributed by atoms with E-state index in [0.717, 1.165) is 35.1 Å². The summed E-state index contributed by atoms with van der Waals surface area (Å²) in [5, 5.41) is 3.27. The van der Waals surface area contributed by atoms with Crippen LogP contribution in [0.4, 0.5) is 10.2 Å². The van der Waals surface area contributed by atoms with Crippen LogP contribution in [0.15, 0.2) is 6.20 Å². The zero-order valence-electron chi connectivity index (χ0n) is 8.26. The first kappa shape index (κ1) is 11.1. The lowest BCUT2D eigenvalue weighted by Gasteiger charge is -2.24. The summed E-state index contributed by atoms with van der Waals surface area (Å²) in [7, 11) is 0. The van der Waals surface area contributed by atoms with E-state index in [1.54, 1.807) is 0 Å². The van der Waals surface area contributed by atoms with Gasteiger partial charge in [0.25, 0.3) is 0 Å². The minimum absolute atomic E-state index is 0.222. The van der Waals surface area contributed by atoms with Crippen LogP contribution in [0.1, 0.15) is 24.3 Å². The van der Waals surface area contributed by atoms with E-state index in [1.165, 1.54) is 6.20 Å². The second-order valence-corrected chi connectivity index (χ2v) is 4.82. The van der Waals surface area contributed by atoms with Crippen molar-refractivity contribution in [2.45, 2.75) is 18.8 Å². The van der Waals surface area contributed by atoms with Crippen molar-refractivity contribution in [2.75, 3.05) is 18.8 Å². The van der Waals surface area contributed by atoms with Gasteiger partial charge in [0.1, 0.15) is 11.6 Å². The summed E-state index contributed by atoms with van der Waals surface area (Å²) in [6.45, 7) is 1.89. The standard InChI is InChI=1S/C10H13FIN3/c11-7-5-15-10(13)9(12)8(7)6-1-3-14-4-2-6/h5-6,14H,1-4H2,(H2,13,15). The summed E-state index contributed by atoms with van der Waals surface area (Å²) in [6.07, 6.45) is 3.17. The second-order valence-electron chi connectivity index (χ2n) is 3.74. The molecule has 0 unspecified atom stereocenters. The molecule has 1 aliphatic rings. The van der Waals surface area contributed by atoms with Crippen molar-refractivity contribution in [3.63, 3.8) is 0 Å². The van der Waals surface area contributed by atoms with Crippen molar-refractivity contribution in [2.24, 2.45) is 0 Å². The molecule has 0 aliphatic carbocycles. The highest BCUT2D eigenvalue weighted by Gasteiger charge is 2.22. The number of nitrogen functional groups attached to an aromatic ring is 1. The van der Waals surface area contributed by atoms with Crippen LogP contribution in [0.25, 0.3) is 0 Å². The molecule has 0 spiro atoms. The molecule has 1 saturated heterocycles. The molecule has 15 heavy (non-hydrogen) atoms. The molecule has 0 amide bonds. The third-order valence-corrected chi connectivity index (χ3v) is 3.92. The van der Waals surface area contributed by atoms with Crippen LogP contribution in [0, 0.1) is 9.39 Å². The average Bonchev–Trinajstić information content (AvgIpc) is 2.26. The van der Waals surface area contributed by atoms with Gasteiger partial charge in [-0.15, -0.1) is 0 Å². The van der Waals surface area contributed by atoms with Gasteiger partial charge in [-0.2, -0.15) is 0 Å². The molecular formula is C10H13FIN3. The number of nitrogens with zero attached hydrogens (tertiary/aromatic N) is 1. The van der Waals surface area contributed by atoms with Gasteiger partial charge < -0.3 is 11.1 Å². The minimum atomic E-state index is -0.222. The van der Waals surface area contributed by atoms with E-state index in [-0.39, 0.29) is 11.7 Å². The van der Waals surface area contributed by atoms with Crippen LogP contribution >= 0.6 is 22.6 Å². The molecule has 1 aliphatic heterocycles. The van der Waals surface area contributed by atoms with Gasteiger partial charge >= 0.3 is 0 Å². The van der Waals surface area contributed by atoms with E-state index < -0.39 is 0 Å². The van der Waals surface area contributed by atoms with Crippen LogP contribution in [-0.4, -0.2) is 18.1 Å². The fourth-order valence-electron chi connectivity index (χ4n) is 1.98. The molecule has 3 nitrogen and oxygen atoms in total. The zero-order chi connectivity index (χ0) is 10.8. The Balaban J connectivity index is 2.36. The van der Waals surface area contributed by atoms with Crippen LogP contribution in [0.3, 0.4) is 0 Å². The van der Waals surface area contributed by atoms with Crippen molar-refractivity contribution in [1.82, 2.24) is 10.3 Å². The lowest BCUT2D eigenvalue weighted by Crippen LogP contribution is -2.27. The summed E-state index contributed by atoms with van der Waals surface area (Å²) >= 11 is 2.08. The van der Waals surface area contributed by atoms with Gasteiger partial charge in [-0.1, -0.05) is 0 Å². The predicted octanol–water partition coefficient (Wildman–Crippen LogP) is 1.87. The third-order valence-electron chi connectivity index (χ3n) is 2.78. The Labute approximate surface area is 102 Å². The van der Waals surface area contributed by atoms with Gasteiger partial charge in [-0.05, 0) is 54.4 Å². The molecular weight excluding hydrogens is 308 g/mol. The Hall–Kier alpha value is -0.430. The summed E-state index contributed by atoms with van der Waals surface area (Å²) in [5.74, 6) is 0.495. The zero-order valence-corrected chi connectivity index (χ0v) is 10.4. The second kappa shape index (κ2) is 4.61. The number of hydrogen-bond donors (Lipinski definition) is 2. The molecule has 3 N–H and O–H groups in total. The lowest BCUT2D eigenvalue weighted by molar-refractivity contribution is 0.442. The summed E-state index contributed by atoms with van der Waals surface area (Å²) in [5.41, 5.74) is 6.45. The number of nitrogens with one attached hydrogen (secondary N) is 1. The minimum Gasteiger partial charge on any atom is -0.383 e. The van der Waals surface area contributed by atoms with E-state index in [0.29, 0.717) is 5.82 Å². The Morgan fingerprint density at radius 2 is 2.13 bits per heavy atom. The Kier molecular flexibility index (Phi) is 3.40. The van der Waals surface area contributed by atoms with Crippen molar-refractivity contribution in [3.05, 3.63) is 21.1 Å². The first-order chi connectivity index (χ1) is 7.20. The fourth-order valence-corrected chi connectivity index (χ4v) is 2.82. The summed E-state index contributed by atoms with van der Waals surface area (Å²) in [6, 6.07) is 0. The van der Waals surface area contributed by atoms with Crippen LogP contribution in [0.5, 0.6) is 0 Å². The molecule has 2 heterocycles. The molecule has 82 valence electrons. The lowest BCUT2D eigenvalue weighted by atomic mass is 9.90. The number of nitrogens with two attached hydrogens (primary N) is 1. The monoisotopic (exact) mass is 321 g/mol. The van der Waals surface area contributed by atoms with Gasteiger partial charge in [0.05, 0.1) is 9.77 Å². The highest BCUT2D eigenvalue weighted by atomic mass is 127. The van der Waals surface area contributed by atoms with E-state index in [9.17, 15) is 4.39 Å². The normalized spacial score (nSPS) is 18.0. The molecule has 1 fully saturated rings. The quantitative estimate of drug-likeness (QED) is 0.777. The van der Waals surface area contributed by atoms with E-state index >= 15 is 0 Å². The van der Waals surface area contributed by atoms with Crippen molar-refractivity contribution in [1.29, 1.82) is 0 Å². The van der Waals surface area contributed by atoms with E-state index in [2.05, 4.69) is 32.9 Å². The van der Waals surface area contributed by atoms with Gasteiger partial charge in [0.2, 0.25) is 0 Å². The smallest absolute Gasteiger partial charge is 0.146 e. The highest BCUT2D eigenvalue weighted by molar-refractivity contribution is 14.1. The number of pyridine rings is 1. The number of rotatable bonds is 1. The SMILES string of the molecule is Nc1ncc(F)c(C2CCNCC2)c1I. The first-order valence-electron chi connectivity index (χ1n) is 5.00. The van der Waals surface area contributed by atoms with Gasteiger partial charge in [0.15, 0.2) is 0 Å². The highest BCUT2D eigenvalue weighted by Crippen LogP contribution is 2.32. The molecule has 1 aromatic rings. The largest absolute Gasteiger partial charge is 0.383 e. The number of halogens is 2. The molecule has 0 aromatic carbocycles. The van der Waals surface area contributed by atoms with E-state index in [4.69, 9.17) is 5.73 Å². The average molecular weight is 321 g/mol. The molecule has 0 saturated carbocycles. The van der Waals surface area contributed by atoms with Gasteiger partial charge in [0, 0.05) is 5.56 Å². The summed E-state index contributed by atoms with van der Waals surface area (Å²) < 4.78 is 14.4. The Morgan fingerprint density at radius 3 is 2.80 bits per heavy atom. The van der Waals surface area contributed by atoms with Crippen LogP contribution in [0.2, 0.25) is 0 Å². The third kappa shape index (κ3) is 2.23. The van der Waals surface area contributed by atoms with E-state index in [1.807, 2.05) is 0 Å².